The van der Waals surface area contributed by atoms with E-state index in [9.17, 15) is 0 Å². The lowest BCUT2D eigenvalue weighted by Crippen LogP contribution is -1.95. The average Bonchev–Trinajstić information content (AvgIpc) is 2.51. The maximum atomic E-state index is 4.17. The summed E-state index contributed by atoms with van der Waals surface area (Å²) >= 11 is 3.40. The highest BCUT2D eigenvalue weighted by atomic mass is 79.9. The van der Waals surface area contributed by atoms with E-state index in [2.05, 4.69) is 41.2 Å². The maximum Gasteiger partial charge on any atom is 0.148 e. The molecule has 1 N–H and O–H groups in total. The van der Waals surface area contributed by atoms with Gasteiger partial charge in [0.05, 0.1) is 4.47 Å². The molecule has 6 heteroatoms. The summed E-state index contributed by atoms with van der Waals surface area (Å²) in [7, 11) is 0. The van der Waals surface area contributed by atoms with Crippen molar-refractivity contribution >= 4 is 27.4 Å². The lowest BCUT2D eigenvalue weighted by atomic mass is 10.1. The van der Waals surface area contributed by atoms with Crippen LogP contribution in [0.5, 0.6) is 0 Å². The fourth-order valence-electron chi connectivity index (χ4n) is 1.74. The zero-order valence-electron chi connectivity index (χ0n) is 10.4. The highest BCUT2D eigenvalue weighted by Gasteiger charge is 2.02. The summed E-state index contributed by atoms with van der Waals surface area (Å²) in [5.74, 6) is 0.732. The Hall–Kier alpha value is -2.34. The van der Waals surface area contributed by atoms with Crippen LogP contribution in [-0.2, 0) is 0 Å². The Labute approximate surface area is 124 Å². The number of rotatable bonds is 3. The summed E-state index contributed by atoms with van der Waals surface area (Å²) in [6.45, 7) is 0. The fourth-order valence-corrected chi connectivity index (χ4v) is 2.06. The number of halogens is 1. The molecule has 0 atom stereocenters. The lowest BCUT2D eigenvalue weighted by Gasteiger charge is -2.07. The smallest absolute Gasteiger partial charge is 0.148 e. The van der Waals surface area contributed by atoms with Crippen LogP contribution in [-0.4, -0.2) is 19.9 Å². The number of hydrogen-bond acceptors (Lipinski definition) is 5. The van der Waals surface area contributed by atoms with E-state index in [-0.39, 0.29) is 0 Å². The molecule has 0 fully saturated rings. The van der Waals surface area contributed by atoms with Crippen molar-refractivity contribution in [2.75, 3.05) is 5.32 Å². The van der Waals surface area contributed by atoms with Gasteiger partial charge in [0.25, 0.3) is 0 Å². The number of nitrogens with one attached hydrogen (secondary N) is 1. The molecule has 20 heavy (non-hydrogen) atoms. The zero-order valence-corrected chi connectivity index (χ0v) is 11.9. The molecule has 1 aromatic carbocycles. The summed E-state index contributed by atoms with van der Waals surface area (Å²) in [5, 5.41) is 3.22. The van der Waals surface area contributed by atoms with E-state index in [1.165, 1.54) is 12.7 Å². The third-order valence-electron chi connectivity index (χ3n) is 2.71. The Morgan fingerprint density at radius 1 is 0.800 bits per heavy atom. The number of anilines is 2. The van der Waals surface area contributed by atoms with Crippen LogP contribution in [0.15, 0.2) is 60.0 Å². The fraction of sp³-hybridized carbons (Fsp3) is 0. The van der Waals surface area contributed by atoms with E-state index in [1.807, 2.05) is 24.3 Å². The van der Waals surface area contributed by atoms with E-state index in [4.69, 9.17) is 0 Å². The van der Waals surface area contributed by atoms with Gasteiger partial charge in [-0.05, 0) is 33.6 Å². The van der Waals surface area contributed by atoms with E-state index >= 15 is 0 Å². The molecular formula is C14H10BrN5. The molecule has 0 aliphatic heterocycles. The van der Waals surface area contributed by atoms with Crippen molar-refractivity contribution in [3.05, 3.63) is 60.0 Å². The monoisotopic (exact) mass is 327 g/mol. The second-order valence-electron chi connectivity index (χ2n) is 4.05. The third kappa shape index (κ3) is 2.80. The highest BCUT2D eigenvalue weighted by Crippen LogP contribution is 2.24. The number of nitrogens with zero attached hydrogens (tertiary/aromatic N) is 4. The quantitative estimate of drug-likeness (QED) is 0.798. The van der Waals surface area contributed by atoms with Gasteiger partial charge in [0.2, 0.25) is 0 Å². The minimum Gasteiger partial charge on any atom is -0.339 e. The second-order valence-corrected chi connectivity index (χ2v) is 4.90. The van der Waals surface area contributed by atoms with Gasteiger partial charge in [0.15, 0.2) is 0 Å². The first kappa shape index (κ1) is 12.7. The second kappa shape index (κ2) is 5.75. The van der Waals surface area contributed by atoms with E-state index in [0.29, 0.717) is 0 Å². The summed E-state index contributed by atoms with van der Waals surface area (Å²) < 4.78 is 0.820. The first-order valence-electron chi connectivity index (χ1n) is 5.91. The van der Waals surface area contributed by atoms with Crippen molar-refractivity contribution in [1.82, 2.24) is 19.9 Å². The standard InChI is InChI=1S/C14H10BrN5/c15-13-7-18-9-19-14(13)20-12-3-1-10(2-4-12)11-5-16-8-17-6-11/h1-9H,(H,18,19,20). The van der Waals surface area contributed by atoms with E-state index < -0.39 is 0 Å². The van der Waals surface area contributed by atoms with Crippen LogP contribution in [0.4, 0.5) is 11.5 Å². The molecular weight excluding hydrogens is 318 g/mol. The predicted octanol–water partition coefficient (Wildman–Crippen LogP) is 3.44. The van der Waals surface area contributed by atoms with Gasteiger partial charge in [-0.25, -0.2) is 19.9 Å². The Kier molecular flexibility index (Phi) is 3.64. The largest absolute Gasteiger partial charge is 0.339 e. The molecule has 0 spiro atoms. The molecule has 0 aliphatic carbocycles. The number of hydrogen-bond donors (Lipinski definition) is 1. The van der Waals surface area contributed by atoms with Crippen LogP contribution in [0.2, 0.25) is 0 Å². The molecule has 0 amide bonds. The summed E-state index contributed by atoms with van der Waals surface area (Å²) in [4.78, 5) is 16.1. The van der Waals surface area contributed by atoms with Crippen LogP contribution in [0, 0.1) is 0 Å². The van der Waals surface area contributed by atoms with Gasteiger partial charge < -0.3 is 5.32 Å². The molecule has 98 valence electrons. The molecule has 0 saturated carbocycles. The highest BCUT2D eigenvalue weighted by molar-refractivity contribution is 9.10. The molecule has 2 heterocycles. The Morgan fingerprint density at radius 2 is 1.50 bits per heavy atom. The van der Waals surface area contributed by atoms with Gasteiger partial charge >= 0.3 is 0 Å². The molecule has 0 radical (unpaired) electrons. The lowest BCUT2D eigenvalue weighted by molar-refractivity contribution is 1.15. The summed E-state index contributed by atoms with van der Waals surface area (Å²) in [5.41, 5.74) is 3.00. The Bertz CT molecular complexity index is 700. The van der Waals surface area contributed by atoms with Crippen LogP contribution in [0.25, 0.3) is 11.1 Å². The van der Waals surface area contributed by atoms with Crippen molar-refractivity contribution in [2.45, 2.75) is 0 Å². The predicted molar refractivity (Wildman–Crippen MR) is 80.5 cm³/mol. The van der Waals surface area contributed by atoms with Gasteiger partial charge in [-0.1, -0.05) is 12.1 Å². The molecule has 2 aromatic heterocycles. The van der Waals surface area contributed by atoms with E-state index in [0.717, 1.165) is 27.1 Å². The molecule has 3 aromatic rings. The van der Waals surface area contributed by atoms with Gasteiger partial charge in [0.1, 0.15) is 18.5 Å². The van der Waals surface area contributed by atoms with Crippen molar-refractivity contribution < 1.29 is 0 Å². The van der Waals surface area contributed by atoms with Crippen molar-refractivity contribution in [1.29, 1.82) is 0 Å². The minimum absolute atomic E-state index is 0.732. The van der Waals surface area contributed by atoms with Crippen LogP contribution in [0.3, 0.4) is 0 Å². The van der Waals surface area contributed by atoms with Crippen LogP contribution < -0.4 is 5.32 Å². The number of benzene rings is 1. The van der Waals surface area contributed by atoms with E-state index in [1.54, 1.807) is 18.6 Å². The van der Waals surface area contributed by atoms with Crippen molar-refractivity contribution in [3.63, 3.8) is 0 Å². The van der Waals surface area contributed by atoms with Gasteiger partial charge in [-0.3, -0.25) is 0 Å². The van der Waals surface area contributed by atoms with Crippen LogP contribution >= 0.6 is 15.9 Å². The molecule has 0 saturated heterocycles. The summed E-state index contributed by atoms with van der Waals surface area (Å²) in [6, 6.07) is 7.99. The first-order chi connectivity index (χ1) is 9.83. The third-order valence-corrected chi connectivity index (χ3v) is 3.29. The molecule has 0 bridgehead atoms. The minimum atomic E-state index is 0.732. The molecule has 5 nitrogen and oxygen atoms in total. The molecule has 3 rings (SSSR count). The molecule has 0 aliphatic rings. The van der Waals surface area contributed by atoms with Gasteiger partial charge in [-0.15, -0.1) is 0 Å². The first-order valence-corrected chi connectivity index (χ1v) is 6.70. The Morgan fingerprint density at radius 3 is 2.20 bits per heavy atom. The topological polar surface area (TPSA) is 63.6 Å². The molecule has 0 unspecified atom stereocenters. The van der Waals surface area contributed by atoms with Gasteiger partial charge in [-0.2, -0.15) is 0 Å². The average molecular weight is 328 g/mol. The number of aromatic nitrogens is 4. The van der Waals surface area contributed by atoms with Crippen LogP contribution in [0.1, 0.15) is 0 Å². The van der Waals surface area contributed by atoms with Crippen molar-refractivity contribution in [3.8, 4) is 11.1 Å². The maximum absolute atomic E-state index is 4.17. The normalized spacial score (nSPS) is 10.2. The summed E-state index contributed by atoms with van der Waals surface area (Å²) in [6.07, 6.45) is 8.30. The Balaban J connectivity index is 1.82. The van der Waals surface area contributed by atoms with Crippen molar-refractivity contribution in [2.24, 2.45) is 0 Å². The zero-order chi connectivity index (χ0) is 13.8. The SMILES string of the molecule is Brc1cncnc1Nc1ccc(-c2cncnc2)cc1. The van der Waals surface area contributed by atoms with Gasteiger partial charge in [0, 0.05) is 29.8 Å².